The van der Waals surface area contributed by atoms with E-state index in [-0.39, 0.29) is 12.1 Å². The number of esters is 1. The van der Waals surface area contributed by atoms with Crippen LogP contribution in [0.5, 0.6) is 5.75 Å². The number of nitrogens with one attached hydrogen (secondary N) is 1. The molecular weight excluding hydrogens is 242 g/mol. The molecule has 0 aliphatic carbocycles. The van der Waals surface area contributed by atoms with E-state index in [0.717, 1.165) is 17.9 Å². The zero-order chi connectivity index (χ0) is 14.1. The summed E-state index contributed by atoms with van der Waals surface area (Å²) in [4.78, 5) is 11.1. The number of rotatable bonds is 8. The van der Waals surface area contributed by atoms with Crippen molar-refractivity contribution >= 4 is 5.97 Å². The van der Waals surface area contributed by atoms with Crippen LogP contribution in [0.3, 0.4) is 0 Å². The Kier molecular flexibility index (Phi) is 6.97. The molecule has 0 saturated carbocycles. The van der Waals surface area contributed by atoms with E-state index in [1.807, 2.05) is 38.1 Å². The molecule has 0 amide bonds. The van der Waals surface area contributed by atoms with E-state index in [2.05, 4.69) is 5.32 Å². The van der Waals surface area contributed by atoms with Gasteiger partial charge in [-0.15, -0.1) is 0 Å². The third-order valence-electron chi connectivity index (χ3n) is 2.59. The first-order valence-corrected chi connectivity index (χ1v) is 6.77. The van der Waals surface area contributed by atoms with Gasteiger partial charge in [-0.05, 0) is 31.5 Å². The SMILES string of the molecule is CCOc1cccc(CNCC(C)OC(=O)CC)c1. The molecule has 4 heteroatoms. The number of carbonyl (C=O) groups excluding carboxylic acids is 1. The van der Waals surface area contributed by atoms with Crippen LogP contribution >= 0.6 is 0 Å². The molecule has 0 fully saturated rings. The molecule has 1 rings (SSSR count). The minimum absolute atomic E-state index is 0.109. The molecule has 19 heavy (non-hydrogen) atoms. The third-order valence-corrected chi connectivity index (χ3v) is 2.59. The lowest BCUT2D eigenvalue weighted by Crippen LogP contribution is -2.28. The third kappa shape index (κ3) is 6.25. The largest absolute Gasteiger partial charge is 0.494 e. The van der Waals surface area contributed by atoms with Crippen LogP contribution in [0.2, 0.25) is 0 Å². The Morgan fingerprint density at radius 1 is 1.37 bits per heavy atom. The van der Waals surface area contributed by atoms with Crippen molar-refractivity contribution in [3.05, 3.63) is 29.8 Å². The van der Waals surface area contributed by atoms with Crippen LogP contribution < -0.4 is 10.1 Å². The van der Waals surface area contributed by atoms with E-state index in [0.29, 0.717) is 19.6 Å². The predicted octanol–water partition coefficient (Wildman–Crippen LogP) is 2.52. The normalized spacial score (nSPS) is 11.9. The number of hydrogen-bond donors (Lipinski definition) is 1. The van der Waals surface area contributed by atoms with E-state index in [1.165, 1.54) is 0 Å². The van der Waals surface area contributed by atoms with E-state index in [4.69, 9.17) is 9.47 Å². The molecule has 0 bridgehead atoms. The highest BCUT2D eigenvalue weighted by molar-refractivity contribution is 5.69. The highest BCUT2D eigenvalue weighted by Gasteiger charge is 2.06. The molecule has 0 spiro atoms. The lowest BCUT2D eigenvalue weighted by Gasteiger charge is -2.14. The zero-order valence-corrected chi connectivity index (χ0v) is 11.9. The molecule has 0 aliphatic rings. The van der Waals surface area contributed by atoms with Gasteiger partial charge in [-0.25, -0.2) is 0 Å². The van der Waals surface area contributed by atoms with Gasteiger partial charge in [0.15, 0.2) is 0 Å². The fourth-order valence-electron chi connectivity index (χ4n) is 1.68. The average Bonchev–Trinajstić information content (AvgIpc) is 2.39. The van der Waals surface area contributed by atoms with Crippen molar-refractivity contribution in [3.63, 3.8) is 0 Å². The van der Waals surface area contributed by atoms with Crippen LogP contribution in [-0.4, -0.2) is 25.2 Å². The first-order valence-electron chi connectivity index (χ1n) is 6.77. The highest BCUT2D eigenvalue weighted by atomic mass is 16.5. The van der Waals surface area contributed by atoms with Crippen LogP contribution in [0.4, 0.5) is 0 Å². The average molecular weight is 265 g/mol. The summed E-state index contributed by atoms with van der Waals surface area (Å²) < 4.78 is 10.6. The van der Waals surface area contributed by atoms with Crippen LogP contribution in [0, 0.1) is 0 Å². The van der Waals surface area contributed by atoms with Crippen LogP contribution in [-0.2, 0) is 16.1 Å². The Balaban J connectivity index is 2.32. The van der Waals surface area contributed by atoms with Crippen molar-refractivity contribution in [2.45, 2.75) is 39.8 Å². The van der Waals surface area contributed by atoms with Crippen molar-refractivity contribution in [3.8, 4) is 5.75 Å². The maximum absolute atomic E-state index is 11.1. The summed E-state index contributed by atoms with van der Waals surface area (Å²) in [6, 6.07) is 7.97. The van der Waals surface area contributed by atoms with Gasteiger partial charge in [-0.3, -0.25) is 4.79 Å². The molecule has 0 heterocycles. The number of hydrogen-bond acceptors (Lipinski definition) is 4. The Morgan fingerprint density at radius 3 is 2.84 bits per heavy atom. The van der Waals surface area contributed by atoms with Gasteiger partial charge >= 0.3 is 5.97 Å². The van der Waals surface area contributed by atoms with Crippen molar-refractivity contribution in [2.24, 2.45) is 0 Å². The lowest BCUT2D eigenvalue weighted by atomic mass is 10.2. The smallest absolute Gasteiger partial charge is 0.305 e. The van der Waals surface area contributed by atoms with Gasteiger partial charge in [-0.1, -0.05) is 19.1 Å². The summed E-state index contributed by atoms with van der Waals surface area (Å²) in [6.07, 6.45) is 0.309. The fraction of sp³-hybridized carbons (Fsp3) is 0.533. The van der Waals surface area contributed by atoms with E-state index in [9.17, 15) is 4.79 Å². The van der Waals surface area contributed by atoms with Crippen LogP contribution in [0.15, 0.2) is 24.3 Å². The summed E-state index contributed by atoms with van der Waals surface area (Å²) >= 11 is 0. The molecule has 1 N–H and O–H groups in total. The van der Waals surface area contributed by atoms with Gasteiger partial charge in [-0.2, -0.15) is 0 Å². The summed E-state index contributed by atoms with van der Waals surface area (Å²) in [5.74, 6) is 0.722. The number of ether oxygens (including phenoxy) is 2. The van der Waals surface area contributed by atoms with Crippen molar-refractivity contribution < 1.29 is 14.3 Å². The summed E-state index contributed by atoms with van der Waals surface area (Å²) in [5, 5.41) is 3.27. The summed E-state index contributed by atoms with van der Waals surface area (Å²) in [5.41, 5.74) is 1.15. The quantitative estimate of drug-likeness (QED) is 0.734. The van der Waals surface area contributed by atoms with Gasteiger partial charge in [0.1, 0.15) is 11.9 Å². The Hall–Kier alpha value is -1.55. The predicted molar refractivity (Wildman–Crippen MR) is 75.2 cm³/mol. The van der Waals surface area contributed by atoms with Crippen molar-refractivity contribution in [2.75, 3.05) is 13.2 Å². The molecule has 0 aliphatic heterocycles. The molecule has 0 aromatic heterocycles. The first kappa shape index (κ1) is 15.5. The maximum Gasteiger partial charge on any atom is 0.305 e. The maximum atomic E-state index is 11.1. The first-order chi connectivity index (χ1) is 9.15. The van der Waals surface area contributed by atoms with Gasteiger partial charge in [0.25, 0.3) is 0 Å². The lowest BCUT2D eigenvalue weighted by molar-refractivity contribution is -0.147. The molecule has 1 aromatic carbocycles. The highest BCUT2D eigenvalue weighted by Crippen LogP contribution is 2.12. The molecule has 1 aromatic rings. The monoisotopic (exact) mass is 265 g/mol. The minimum atomic E-state index is -0.160. The summed E-state index contributed by atoms with van der Waals surface area (Å²) in [6.45, 7) is 7.69. The molecule has 106 valence electrons. The molecular formula is C15H23NO3. The van der Waals surface area contributed by atoms with Crippen molar-refractivity contribution in [1.29, 1.82) is 0 Å². The summed E-state index contributed by atoms with van der Waals surface area (Å²) in [7, 11) is 0. The van der Waals surface area contributed by atoms with Crippen LogP contribution in [0.25, 0.3) is 0 Å². The van der Waals surface area contributed by atoms with Crippen LogP contribution in [0.1, 0.15) is 32.8 Å². The number of benzene rings is 1. The Morgan fingerprint density at radius 2 is 2.16 bits per heavy atom. The molecule has 0 radical (unpaired) electrons. The molecule has 0 saturated heterocycles. The Bertz CT molecular complexity index is 393. The zero-order valence-electron chi connectivity index (χ0n) is 11.9. The van der Waals surface area contributed by atoms with Crippen molar-refractivity contribution in [1.82, 2.24) is 5.32 Å². The van der Waals surface area contributed by atoms with Gasteiger partial charge in [0.05, 0.1) is 6.61 Å². The molecule has 4 nitrogen and oxygen atoms in total. The van der Waals surface area contributed by atoms with E-state index in [1.54, 1.807) is 6.92 Å². The van der Waals surface area contributed by atoms with Gasteiger partial charge < -0.3 is 14.8 Å². The topological polar surface area (TPSA) is 47.6 Å². The second-order valence-corrected chi connectivity index (χ2v) is 4.37. The molecule has 1 unspecified atom stereocenters. The standard InChI is InChI=1S/C15H23NO3/c1-4-15(17)19-12(3)10-16-11-13-7-6-8-14(9-13)18-5-2/h6-9,12,16H,4-5,10-11H2,1-3H3. The second kappa shape index (κ2) is 8.53. The van der Waals surface area contributed by atoms with E-state index >= 15 is 0 Å². The van der Waals surface area contributed by atoms with Gasteiger partial charge in [0.2, 0.25) is 0 Å². The fourth-order valence-corrected chi connectivity index (χ4v) is 1.68. The van der Waals surface area contributed by atoms with E-state index < -0.39 is 0 Å². The van der Waals surface area contributed by atoms with Gasteiger partial charge in [0, 0.05) is 19.5 Å². The minimum Gasteiger partial charge on any atom is -0.494 e. The number of carbonyl (C=O) groups is 1. The Labute approximate surface area is 115 Å². The second-order valence-electron chi connectivity index (χ2n) is 4.37. The molecule has 1 atom stereocenters.